The van der Waals surface area contributed by atoms with Crippen molar-refractivity contribution in [2.24, 2.45) is 0 Å². The van der Waals surface area contributed by atoms with Crippen LogP contribution in [0.1, 0.15) is 5.56 Å². The summed E-state index contributed by atoms with van der Waals surface area (Å²) in [5.74, 6) is 0.841. The van der Waals surface area contributed by atoms with Crippen LogP contribution < -0.4 is 4.74 Å². The molecule has 1 aromatic heterocycles. The molecular weight excluding hydrogens is 244 g/mol. The number of furan rings is 1. The first-order valence-electron chi connectivity index (χ1n) is 4.24. The predicted octanol–water partition coefficient (Wildman–Crippen LogP) is 3.62. The lowest BCUT2D eigenvalue weighted by atomic mass is 10.3. The van der Waals surface area contributed by atoms with E-state index in [9.17, 15) is 0 Å². The third-order valence-electron chi connectivity index (χ3n) is 1.81. The van der Waals surface area contributed by atoms with E-state index in [1.807, 2.05) is 30.3 Å². The number of para-hydroxylation sites is 1. The maximum Gasteiger partial charge on any atom is 0.133 e. The van der Waals surface area contributed by atoms with Gasteiger partial charge in [0.25, 0.3) is 0 Å². The van der Waals surface area contributed by atoms with Gasteiger partial charge in [0.1, 0.15) is 12.4 Å². The Morgan fingerprint density at radius 1 is 1.21 bits per heavy atom. The molecule has 0 radical (unpaired) electrons. The van der Waals surface area contributed by atoms with E-state index in [1.165, 1.54) is 0 Å². The lowest BCUT2D eigenvalue weighted by Crippen LogP contribution is -1.93. The molecule has 0 atom stereocenters. The van der Waals surface area contributed by atoms with Crippen LogP contribution in [0.5, 0.6) is 5.75 Å². The van der Waals surface area contributed by atoms with E-state index in [0.717, 1.165) is 15.8 Å². The maximum absolute atomic E-state index is 5.57. The molecule has 0 aliphatic heterocycles. The molecule has 0 aliphatic rings. The van der Waals surface area contributed by atoms with Crippen molar-refractivity contribution in [3.8, 4) is 5.75 Å². The van der Waals surface area contributed by atoms with E-state index < -0.39 is 0 Å². The summed E-state index contributed by atoms with van der Waals surface area (Å²) in [5, 5.41) is 0. The topological polar surface area (TPSA) is 22.4 Å². The lowest BCUT2D eigenvalue weighted by Gasteiger charge is -2.05. The highest BCUT2D eigenvalue weighted by molar-refractivity contribution is 9.10. The number of rotatable bonds is 3. The summed E-state index contributed by atoms with van der Waals surface area (Å²) in [6.07, 6.45) is 3.32. The standard InChI is InChI=1S/C11H9BrO2/c12-10-3-1-2-4-11(10)14-8-9-5-6-13-7-9/h1-7H,8H2. The molecule has 0 bridgehead atoms. The third kappa shape index (κ3) is 2.17. The van der Waals surface area contributed by atoms with Crippen molar-refractivity contribution < 1.29 is 9.15 Å². The number of ether oxygens (including phenoxy) is 1. The van der Waals surface area contributed by atoms with Gasteiger partial charge in [0.2, 0.25) is 0 Å². The summed E-state index contributed by atoms with van der Waals surface area (Å²) < 4.78 is 11.5. The van der Waals surface area contributed by atoms with Gasteiger partial charge in [-0.1, -0.05) is 12.1 Å². The SMILES string of the molecule is Brc1ccccc1OCc1ccoc1. The predicted molar refractivity (Wildman–Crippen MR) is 57.2 cm³/mol. The van der Waals surface area contributed by atoms with Gasteiger partial charge in [0.15, 0.2) is 0 Å². The Bertz CT molecular complexity index is 395. The normalized spacial score (nSPS) is 10.1. The van der Waals surface area contributed by atoms with Crippen molar-refractivity contribution in [3.05, 3.63) is 52.9 Å². The molecule has 72 valence electrons. The molecule has 0 amide bonds. The molecule has 0 saturated heterocycles. The molecule has 0 N–H and O–H groups in total. The molecule has 0 unspecified atom stereocenters. The van der Waals surface area contributed by atoms with Crippen molar-refractivity contribution in [3.63, 3.8) is 0 Å². The Balaban J connectivity index is 2.02. The molecule has 2 nitrogen and oxygen atoms in total. The molecule has 1 heterocycles. The van der Waals surface area contributed by atoms with E-state index in [4.69, 9.17) is 9.15 Å². The molecule has 1 aromatic carbocycles. The van der Waals surface area contributed by atoms with Crippen molar-refractivity contribution in [1.82, 2.24) is 0 Å². The first-order valence-corrected chi connectivity index (χ1v) is 5.04. The smallest absolute Gasteiger partial charge is 0.133 e. The van der Waals surface area contributed by atoms with Crippen molar-refractivity contribution in [1.29, 1.82) is 0 Å². The molecule has 14 heavy (non-hydrogen) atoms. The van der Waals surface area contributed by atoms with Crippen molar-refractivity contribution in [2.75, 3.05) is 0 Å². The van der Waals surface area contributed by atoms with Gasteiger partial charge in [-0.05, 0) is 34.1 Å². The van der Waals surface area contributed by atoms with Crippen molar-refractivity contribution >= 4 is 15.9 Å². The van der Waals surface area contributed by atoms with Crippen LogP contribution in [0.3, 0.4) is 0 Å². The summed E-state index contributed by atoms with van der Waals surface area (Å²) in [7, 11) is 0. The third-order valence-corrected chi connectivity index (χ3v) is 2.47. The molecule has 0 saturated carbocycles. The largest absolute Gasteiger partial charge is 0.488 e. The highest BCUT2D eigenvalue weighted by Gasteiger charge is 2.00. The van der Waals surface area contributed by atoms with Gasteiger partial charge in [-0.3, -0.25) is 0 Å². The molecule has 0 spiro atoms. The minimum Gasteiger partial charge on any atom is -0.488 e. The minimum absolute atomic E-state index is 0.527. The van der Waals surface area contributed by atoms with E-state index in [-0.39, 0.29) is 0 Å². The Hall–Kier alpha value is -1.22. The zero-order chi connectivity index (χ0) is 9.80. The highest BCUT2D eigenvalue weighted by Crippen LogP contribution is 2.24. The van der Waals surface area contributed by atoms with Crippen LogP contribution in [0, 0.1) is 0 Å². The molecular formula is C11H9BrO2. The number of benzene rings is 1. The second-order valence-electron chi connectivity index (χ2n) is 2.85. The summed E-state index contributed by atoms with van der Waals surface area (Å²) >= 11 is 3.41. The molecule has 0 aliphatic carbocycles. The van der Waals surface area contributed by atoms with Gasteiger partial charge in [0.05, 0.1) is 17.0 Å². The van der Waals surface area contributed by atoms with Crippen LogP contribution in [-0.4, -0.2) is 0 Å². The fourth-order valence-electron chi connectivity index (χ4n) is 1.10. The molecule has 3 heteroatoms. The summed E-state index contributed by atoms with van der Waals surface area (Å²) in [5.41, 5.74) is 1.03. The monoisotopic (exact) mass is 252 g/mol. The van der Waals surface area contributed by atoms with Crippen LogP contribution in [0.15, 0.2) is 51.7 Å². The van der Waals surface area contributed by atoms with Crippen LogP contribution >= 0.6 is 15.9 Å². The van der Waals surface area contributed by atoms with Gasteiger partial charge in [-0.25, -0.2) is 0 Å². The average Bonchev–Trinajstić information content (AvgIpc) is 2.69. The van der Waals surface area contributed by atoms with Gasteiger partial charge in [0, 0.05) is 5.56 Å². The van der Waals surface area contributed by atoms with Crippen LogP contribution in [-0.2, 0) is 6.61 Å². The van der Waals surface area contributed by atoms with Gasteiger partial charge in [-0.2, -0.15) is 0 Å². The Morgan fingerprint density at radius 2 is 2.07 bits per heavy atom. The van der Waals surface area contributed by atoms with Crippen molar-refractivity contribution in [2.45, 2.75) is 6.61 Å². The Morgan fingerprint density at radius 3 is 2.79 bits per heavy atom. The second-order valence-corrected chi connectivity index (χ2v) is 3.71. The van der Waals surface area contributed by atoms with Crippen LogP contribution in [0.2, 0.25) is 0 Å². The average molecular weight is 253 g/mol. The van der Waals surface area contributed by atoms with E-state index in [0.29, 0.717) is 6.61 Å². The first-order chi connectivity index (χ1) is 6.86. The van der Waals surface area contributed by atoms with Gasteiger partial charge < -0.3 is 9.15 Å². The number of hydrogen-bond donors (Lipinski definition) is 0. The highest BCUT2D eigenvalue weighted by atomic mass is 79.9. The minimum atomic E-state index is 0.527. The van der Waals surface area contributed by atoms with Crippen LogP contribution in [0.25, 0.3) is 0 Å². The Kier molecular flexibility index (Phi) is 2.89. The van der Waals surface area contributed by atoms with E-state index >= 15 is 0 Å². The maximum atomic E-state index is 5.57. The van der Waals surface area contributed by atoms with Gasteiger partial charge >= 0.3 is 0 Å². The first kappa shape index (κ1) is 9.34. The second kappa shape index (κ2) is 4.33. The van der Waals surface area contributed by atoms with E-state index in [1.54, 1.807) is 12.5 Å². The summed E-state index contributed by atoms with van der Waals surface area (Å²) in [6, 6.07) is 9.65. The fraction of sp³-hybridized carbons (Fsp3) is 0.0909. The number of halogens is 1. The fourth-order valence-corrected chi connectivity index (χ4v) is 1.50. The van der Waals surface area contributed by atoms with Crippen LogP contribution in [0.4, 0.5) is 0 Å². The molecule has 2 aromatic rings. The lowest BCUT2D eigenvalue weighted by molar-refractivity contribution is 0.303. The van der Waals surface area contributed by atoms with E-state index in [2.05, 4.69) is 15.9 Å². The quantitative estimate of drug-likeness (QED) is 0.833. The Labute approximate surface area is 90.6 Å². The zero-order valence-electron chi connectivity index (χ0n) is 7.44. The summed E-state index contributed by atoms with van der Waals surface area (Å²) in [6.45, 7) is 0.527. The zero-order valence-corrected chi connectivity index (χ0v) is 9.03. The van der Waals surface area contributed by atoms with Gasteiger partial charge in [-0.15, -0.1) is 0 Å². The molecule has 0 fully saturated rings. The number of hydrogen-bond acceptors (Lipinski definition) is 2. The molecule has 2 rings (SSSR count). The summed E-state index contributed by atoms with van der Waals surface area (Å²) in [4.78, 5) is 0.